The molecule has 0 aliphatic carbocycles. The molecule has 0 saturated heterocycles. The van der Waals surface area contributed by atoms with Crippen molar-refractivity contribution >= 4 is 39.5 Å². The van der Waals surface area contributed by atoms with Crippen LogP contribution in [0, 0.1) is 11.8 Å². The minimum absolute atomic E-state index is 0.104. The van der Waals surface area contributed by atoms with Crippen molar-refractivity contribution in [2.24, 2.45) is 11.8 Å². The van der Waals surface area contributed by atoms with Gasteiger partial charge in [0.1, 0.15) is 19.3 Å². The summed E-state index contributed by atoms with van der Waals surface area (Å²) in [5.41, 5.74) is 0. The number of aliphatic hydroxyl groups is 1. The lowest BCUT2D eigenvalue weighted by atomic mass is 9.99. The Balaban J connectivity index is 5.21. The van der Waals surface area contributed by atoms with E-state index in [0.717, 1.165) is 108 Å². The van der Waals surface area contributed by atoms with Crippen molar-refractivity contribution in [3.05, 3.63) is 0 Å². The molecule has 0 aliphatic rings. The Hall–Kier alpha value is -1.94. The predicted molar refractivity (Wildman–Crippen MR) is 381 cm³/mol. The maximum Gasteiger partial charge on any atom is 0.472 e. The molecule has 19 heteroatoms. The Labute approximate surface area is 575 Å². The molecule has 0 aromatic heterocycles. The van der Waals surface area contributed by atoms with Crippen molar-refractivity contribution in [2.45, 2.75) is 407 Å². The van der Waals surface area contributed by atoms with Gasteiger partial charge in [-0.05, 0) is 37.5 Å². The van der Waals surface area contributed by atoms with Crippen molar-refractivity contribution in [3.8, 4) is 0 Å². The highest BCUT2D eigenvalue weighted by Gasteiger charge is 2.30. The van der Waals surface area contributed by atoms with Crippen molar-refractivity contribution in [1.82, 2.24) is 0 Å². The number of unbranched alkanes of at least 4 members (excludes halogenated alkanes) is 43. The highest BCUT2D eigenvalue weighted by molar-refractivity contribution is 7.47. The minimum atomic E-state index is -4.96. The van der Waals surface area contributed by atoms with E-state index in [9.17, 15) is 43.2 Å². The van der Waals surface area contributed by atoms with Crippen LogP contribution >= 0.6 is 15.6 Å². The number of carbonyl (C=O) groups is 4. The summed E-state index contributed by atoms with van der Waals surface area (Å²) in [6, 6.07) is 0. The molecule has 3 N–H and O–H groups in total. The highest BCUT2D eigenvalue weighted by Crippen LogP contribution is 2.45. The molecule has 6 atom stereocenters. The van der Waals surface area contributed by atoms with E-state index >= 15 is 0 Å². The molecule has 0 bridgehead atoms. The van der Waals surface area contributed by atoms with E-state index in [4.69, 9.17) is 37.0 Å². The van der Waals surface area contributed by atoms with Gasteiger partial charge in [-0.2, -0.15) is 0 Å². The second kappa shape index (κ2) is 66.9. The van der Waals surface area contributed by atoms with E-state index in [-0.39, 0.29) is 25.7 Å². The van der Waals surface area contributed by atoms with Gasteiger partial charge in [0.05, 0.1) is 26.4 Å². The quantitative estimate of drug-likeness (QED) is 0.0222. The van der Waals surface area contributed by atoms with Crippen LogP contribution in [0.4, 0.5) is 0 Å². The molecule has 0 aromatic carbocycles. The van der Waals surface area contributed by atoms with Crippen LogP contribution < -0.4 is 0 Å². The first-order valence-corrected chi connectivity index (χ1v) is 42.0. The number of esters is 4. The molecule has 558 valence electrons. The number of phosphoric acid groups is 2. The van der Waals surface area contributed by atoms with Gasteiger partial charge >= 0.3 is 39.5 Å². The number of rotatable bonds is 74. The lowest BCUT2D eigenvalue weighted by molar-refractivity contribution is -0.161. The Morgan fingerprint density at radius 3 is 0.809 bits per heavy atom. The summed E-state index contributed by atoms with van der Waals surface area (Å²) in [6.45, 7) is 9.57. The molecule has 0 heterocycles. The maximum absolute atomic E-state index is 13.1. The number of hydrogen-bond donors (Lipinski definition) is 3. The number of carbonyl (C=O) groups excluding carboxylic acids is 4. The Bertz CT molecular complexity index is 1820. The summed E-state index contributed by atoms with van der Waals surface area (Å²) in [5, 5.41) is 10.6. The normalized spacial score (nSPS) is 14.3. The summed E-state index contributed by atoms with van der Waals surface area (Å²) in [5.74, 6) is -0.556. The molecule has 0 aliphatic heterocycles. The molecule has 3 unspecified atom stereocenters. The first-order valence-electron chi connectivity index (χ1n) is 39.0. The van der Waals surface area contributed by atoms with Gasteiger partial charge in [0.15, 0.2) is 12.2 Å². The molecule has 0 amide bonds. The van der Waals surface area contributed by atoms with Crippen molar-refractivity contribution in [3.63, 3.8) is 0 Å². The summed E-state index contributed by atoms with van der Waals surface area (Å²) < 4.78 is 68.4. The van der Waals surface area contributed by atoms with Crippen LogP contribution in [0.3, 0.4) is 0 Å². The lowest BCUT2D eigenvalue weighted by Crippen LogP contribution is -2.30. The Morgan fingerprint density at radius 1 is 0.309 bits per heavy atom. The van der Waals surface area contributed by atoms with Crippen LogP contribution in [0.2, 0.25) is 0 Å². The molecule has 0 saturated carbocycles. The van der Waals surface area contributed by atoms with E-state index < -0.39 is 97.5 Å². The van der Waals surface area contributed by atoms with Crippen LogP contribution in [0.25, 0.3) is 0 Å². The molecule has 94 heavy (non-hydrogen) atoms. The van der Waals surface area contributed by atoms with Gasteiger partial charge in [0, 0.05) is 25.7 Å². The molecule has 0 aromatic rings. The highest BCUT2D eigenvalue weighted by atomic mass is 31.2. The Kier molecular flexibility index (Phi) is 65.5. The zero-order valence-electron chi connectivity index (χ0n) is 61.3. The topological polar surface area (TPSA) is 237 Å². The summed E-state index contributed by atoms with van der Waals surface area (Å²) >= 11 is 0. The average Bonchev–Trinajstić information content (AvgIpc) is 1.74. The third-order valence-electron chi connectivity index (χ3n) is 17.8. The molecule has 0 spiro atoms. The molecule has 0 rings (SSSR count). The standard InChI is InChI=1S/C75H146O17P2/c1-7-10-12-14-16-18-19-20-21-22-23-27-30-33-40-46-52-58-73(78)86-64-71(91-74(79)59-53-47-41-34-31-28-25-24-26-29-32-38-44-50-56-68(6)9-3)66-90-94(83,84)88-62-69(76)61-87-93(81,82)89-65-70(63-85-72(77)57-51-45-39-17-15-13-11-8-2)92-75(80)60-54-48-42-36-35-37-43-49-55-67(4)5/h67-71,76H,7-66H2,1-6H3,(H,81,82)(H,83,84)/t68?,69-,70+,71+/m0/s1. The van der Waals surface area contributed by atoms with E-state index in [1.807, 2.05) is 0 Å². The monoisotopic (exact) mass is 1380 g/mol. The zero-order valence-corrected chi connectivity index (χ0v) is 63.1. The number of ether oxygens (including phenoxy) is 4. The minimum Gasteiger partial charge on any atom is -0.462 e. The van der Waals surface area contributed by atoms with Crippen molar-refractivity contribution in [1.29, 1.82) is 0 Å². The third-order valence-corrected chi connectivity index (χ3v) is 19.7. The lowest BCUT2D eigenvalue weighted by Gasteiger charge is -2.21. The predicted octanol–water partition coefficient (Wildman–Crippen LogP) is 21.9. The first kappa shape index (κ1) is 92.1. The van der Waals surface area contributed by atoms with Gasteiger partial charge in [-0.1, -0.05) is 337 Å². The fourth-order valence-corrected chi connectivity index (χ4v) is 13.0. The van der Waals surface area contributed by atoms with E-state index in [1.54, 1.807) is 0 Å². The fourth-order valence-electron chi connectivity index (χ4n) is 11.4. The van der Waals surface area contributed by atoms with Crippen LogP contribution in [0.5, 0.6) is 0 Å². The summed E-state index contributed by atoms with van der Waals surface area (Å²) in [4.78, 5) is 72.7. The largest absolute Gasteiger partial charge is 0.472 e. The van der Waals surface area contributed by atoms with E-state index in [1.165, 1.54) is 199 Å². The van der Waals surface area contributed by atoms with E-state index in [0.29, 0.717) is 25.7 Å². The van der Waals surface area contributed by atoms with Gasteiger partial charge in [-0.25, -0.2) is 9.13 Å². The average molecular weight is 1380 g/mol. The SMILES string of the molecule is CCCCCCCCCCCCCCCCCCCC(=O)OC[C@H](COP(=O)(O)OC[C@@H](O)COP(=O)(O)OC[C@@H](COC(=O)CCCCCCCCCC)OC(=O)CCCCCCCCCCC(C)C)OC(=O)CCCCCCCCCCCCCCCCC(C)CC. The van der Waals surface area contributed by atoms with Crippen LogP contribution in [-0.4, -0.2) is 96.7 Å². The molecule has 0 fully saturated rings. The summed E-state index contributed by atoms with van der Waals surface area (Å²) in [7, 11) is -9.90. The molecule has 17 nitrogen and oxygen atoms in total. The van der Waals surface area contributed by atoms with Crippen LogP contribution in [-0.2, 0) is 65.4 Å². The fraction of sp³-hybridized carbons (Fsp3) is 0.947. The number of aliphatic hydroxyl groups excluding tert-OH is 1. The first-order chi connectivity index (χ1) is 45.4. The smallest absolute Gasteiger partial charge is 0.462 e. The molecule has 0 radical (unpaired) electrons. The van der Waals surface area contributed by atoms with Gasteiger partial charge in [-0.15, -0.1) is 0 Å². The maximum atomic E-state index is 13.1. The number of phosphoric ester groups is 2. The second-order valence-electron chi connectivity index (χ2n) is 27.8. The Morgan fingerprint density at radius 2 is 0.543 bits per heavy atom. The van der Waals surface area contributed by atoms with Crippen LogP contribution in [0.15, 0.2) is 0 Å². The van der Waals surface area contributed by atoms with Crippen LogP contribution in [0.1, 0.15) is 388 Å². The van der Waals surface area contributed by atoms with Crippen molar-refractivity contribution in [2.75, 3.05) is 39.6 Å². The van der Waals surface area contributed by atoms with Crippen molar-refractivity contribution < 1.29 is 80.2 Å². The van der Waals surface area contributed by atoms with Gasteiger partial charge in [-0.3, -0.25) is 37.3 Å². The van der Waals surface area contributed by atoms with Gasteiger partial charge in [0.25, 0.3) is 0 Å². The zero-order chi connectivity index (χ0) is 69.3. The summed E-state index contributed by atoms with van der Waals surface area (Å²) in [6.07, 6.45) is 54.2. The van der Waals surface area contributed by atoms with Gasteiger partial charge in [0.2, 0.25) is 0 Å². The number of hydrogen-bond acceptors (Lipinski definition) is 15. The molecular formula is C75H146O17P2. The van der Waals surface area contributed by atoms with E-state index in [2.05, 4.69) is 41.5 Å². The third kappa shape index (κ3) is 67.3. The van der Waals surface area contributed by atoms with Gasteiger partial charge < -0.3 is 33.8 Å². The molecular weight excluding hydrogens is 1230 g/mol. The second-order valence-corrected chi connectivity index (χ2v) is 30.7.